The predicted octanol–water partition coefficient (Wildman–Crippen LogP) is 3.43. The van der Waals surface area contributed by atoms with Gasteiger partial charge in [-0.2, -0.15) is 14.9 Å². The molecule has 8 heteroatoms. The molecule has 27 heavy (non-hydrogen) atoms. The van der Waals surface area contributed by atoms with Gasteiger partial charge in [0.2, 0.25) is 4.77 Å². The van der Waals surface area contributed by atoms with Crippen molar-refractivity contribution < 1.29 is 14.3 Å². The van der Waals surface area contributed by atoms with Gasteiger partial charge in [-0.25, -0.2) is 9.89 Å². The van der Waals surface area contributed by atoms with Crippen molar-refractivity contribution in [1.82, 2.24) is 14.9 Å². The number of ether oxygens (including phenoxy) is 2. The maximum absolute atomic E-state index is 11.5. The van der Waals surface area contributed by atoms with Gasteiger partial charge in [0.25, 0.3) is 0 Å². The number of para-hydroxylation sites is 1. The third-order valence-corrected chi connectivity index (χ3v) is 3.83. The highest BCUT2D eigenvalue weighted by atomic mass is 32.1. The molecule has 1 aromatic heterocycles. The summed E-state index contributed by atoms with van der Waals surface area (Å²) in [6.45, 7) is 1.89. The molecule has 138 valence electrons. The Hall–Kier alpha value is -3.26. The predicted molar refractivity (Wildman–Crippen MR) is 104 cm³/mol. The molecule has 0 atom stereocenters. The van der Waals surface area contributed by atoms with Gasteiger partial charge in [-0.05, 0) is 31.3 Å². The SMILES string of the molecule is CCOC(=O)COc1ccccc1/C=N/n1c(-c2ccccc2)n[nH]c1=S. The topological polar surface area (TPSA) is 81.5 Å². The van der Waals surface area contributed by atoms with Crippen molar-refractivity contribution in [3.63, 3.8) is 0 Å². The Kier molecular flexibility index (Phi) is 6.11. The summed E-state index contributed by atoms with van der Waals surface area (Å²) in [5, 5.41) is 11.4. The van der Waals surface area contributed by atoms with Gasteiger partial charge in [0.1, 0.15) is 5.75 Å². The lowest BCUT2D eigenvalue weighted by atomic mass is 10.2. The van der Waals surface area contributed by atoms with Crippen molar-refractivity contribution in [2.24, 2.45) is 5.10 Å². The minimum absolute atomic E-state index is 0.168. The number of esters is 1. The lowest BCUT2D eigenvalue weighted by molar-refractivity contribution is -0.145. The molecule has 0 bridgehead atoms. The van der Waals surface area contributed by atoms with Gasteiger partial charge in [0, 0.05) is 11.1 Å². The summed E-state index contributed by atoms with van der Waals surface area (Å²) in [5.41, 5.74) is 1.58. The van der Waals surface area contributed by atoms with E-state index >= 15 is 0 Å². The van der Waals surface area contributed by atoms with E-state index in [1.807, 2.05) is 48.5 Å². The van der Waals surface area contributed by atoms with E-state index in [0.29, 0.717) is 28.5 Å². The van der Waals surface area contributed by atoms with Gasteiger partial charge in [-0.15, -0.1) is 0 Å². The highest BCUT2D eigenvalue weighted by Gasteiger charge is 2.09. The Morgan fingerprint density at radius 1 is 1.22 bits per heavy atom. The molecule has 0 aliphatic carbocycles. The second-order valence-corrected chi connectivity index (χ2v) is 5.79. The summed E-state index contributed by atoms with van der Waals surface area (Å²) in [7, 11) is 0. The van der Waals surface area contributed by atoms with Crippen LogP contribution in [0.25, 0.3) is 11.4 Å². The summed E-state index contributed by atoms with van der Waals surface area (Å²) < 4.78 is 12.3. The van der Waals surface area contributed by atoms with E-state index in [4.69, 9.17) is 21.7 Å². The van der Waals surface area contributed by atoms with Crippen LogP contribution in [0.5, 0.6) is 5.75 Å². The monoisotopic (exact) mass is 382 g/mol. The number of benzene rings is 2. The maximum Gasteiger partial charge on any atom is 0.344 e. The first-order valence-electron chi connectivity index (χ1n) is 8.33. The number of rotatable bonds is 7. The zero-order valence-electron chi connectivity index (χ0n) is 14.7. The average Bonchev–Trinajstić information content (AvgIpc) is 3.07. The van der Waals surface area contributed by atoms with Crippen LogP contribution in [-0.2, 0) is 9.53 Å². The standard InChI is InChI=1S/C19H18N4O3S/c1-2-25-17(24)13-26-16-11-7-6-10-15(16)12-20-23-18(21-22-19(23)27)14-8-4-3-5-9-14/h3-12H,2,13H2,1H3,(H,22,27)/b20-12+. The second kappa shape index (κ2) is 8.91. The summed E-state index contributed by atoms with van der Waals surface area (Å²) in [6.07, 6.45) is 1.61. The highest BCUT2D eigenvalue weighted by Crippen LogP contribution is 2.18. The first-order valence-corrected chi connectivity index (χ1v) is 8.74. The molecular formula is C19H18N4O3S. The molecule has 0 saturated heterocycles. The summed E-state index contributed by atoms with van der Waals surface area (Å²) in [4.78, 5) is 11.5. The number of nitrogens with zero attached hydrogens (tertiary/aromatic N) is 3. The number of H-pyrrole nitrogens is 1. The molecule has 0 unspecified atom stereocenters. The average molecular weight is 382 g/mol. The number of aromatic amines is 1. The van der Waals surface area contributed by atoms with Crippen LogP contribution < -0.4 is 4.74 Å². The fourth-order valence-corrected chi connectivity index (χ4v) is 2.53. The van der Waals surface area contributed by atoms with Crippen LogP contribution in [0.15, 0.2) is 59.7 Å². The molecule has 0 aliphatic rings. The molecule has 0 spiro atoms. The number of hydrogen-bond donors (Lipinski definition) is 1. The van der Waals surface area contributed by atoms with Crippen molar-refractivity contribution >= 4 is 24.4 Å². The van der Waals surface area contributed by atoms with E-state index in [0.717, 1.165) is 5.56 Å². The lowest BCUT2D eigenvalue weighted by Crippen LogP contribution is -2.15. The van der Waals surface area contributed by atoms with Crippen LogP contribution in [0.4, 0.5) is 0 Å². The van der Waals surface area contributed by atoms with Gasteiger partial charge in [-0.3, -0.25) is 0 Å². The molecule has 3 rings (SSSR count). The summed E-state index contributed by atoms with van der Waals surface area (Å²) in [5.74, 6) is 0.694. The molecule has 0 fully saturated rings. The van der Waals surface area contributed by atoms with E-state index in [1.54, 1.807) is 19.2 Å². The van der Waals surface area contributed by atoms with E-state index in [1.165, 1.54) is 4.68 Å². The molecule has 2 aromatic carbocycles. The van der Waals surface area contributed by atoms with Crippen LogP contribution in [0, 0.1) is 4.77 Å². The number of aromatic nitrogens is 3. The summed E-state index contributed by atoms with van der Waals surface area (Å²) >= 11 is 5.27. The van der Waals surface area contributed by atoms with Crippen LogP contribution in [0.3, 0.4) is 0 Å². The second-order valence-electron chi connectivity index (χ2n) is 5.41. The molecule has 0 radical (unpaired) electrons. The number of carbonyl (C=O) groups is 1. The minimum Gasteiger partial charge on any atom is -0.481 e. The zero-order chi connectivity index (χ0) is 19.1. The fraction of sp³-hybridized carbons (Fsp3) is 0.158. The molecular weight excluding hydrogens is 364 g/mol. The Morgan fingerprint density at radius 2 is 1.96 bits per heavy atom. The van der Waals surface area contributed by atoms with E-state index in [-0.39, 0.29) is 6.61 Å². The van der Waals surface area contributed by atoms with E-state index < -0.39 is 5.97 Å². The first-order chi connectivity index (χ1) is 13.2. The van der Waals surface area contributed by atoms with Crippen LogP contribution in [0.2, 0.25) is 0 Å². The third kappa shape index (κ3) is 4.68. The fourth-order valence-electron chi connectivity index (χ4n) is 2.35. The zero-order valence-corrected chi connectivity index (χ0v) is 15.5. The van der Waals surface area contributed by atoms with Gasteiger partial charge in [-0.1, -0.05) is 42.5 Å². The van der Waals surface area contributed by atoms with Crippen LogP contribution in [0.1, 0.15) is 12.5 Å². The molecule has 0 amide bonds. The molecule has 7 nitrogen and oxygen atoms in total. The van der Waals surface area contributed by atoms with E-state index in [9.17, 15) is 4.79 Å². The largest absolute Gasteiger partial charge is 0.481 e. The van der Waals surface area contributed by atoms with Crippen molar-refractivity contribution in [2.75, 3.05) is 13.2 Å². The lowest BCUT2D eigenvalue weighted by Gasteiger charge is -2.08. The van der Waals surface area contributed by atoms with Crippen molar-refractivity contribution in [3.8, 4) is 17.1 Å². The molecule has 0 aliphatic heterocycles. The van der Waals surface area contributed by atoms with Crippen LogP contribution in [-0.4, -0.2) is 40.3 Å². The first kappa shape index (κ1) is 18.5. The molecule has 0 saturated carbocycles. The van der Waals surface area contributed by atoms with Crippen molar-refractivity contribution in [1.29, 1.82) is 0 Å². The third-order valence-electron chi connectivity index (χ3n) is 3.56. The van der Waals surface area contributed by atoms with Gasteiger partial charge in [0.05, 0.1) is 12.8 Å². The Morgan fingerprint density at radius 3 is 2.74 bits per heavy atom. The maximum atomic E-state index is 11.5. The Bertz CT molecular complexity index is 995. The highest BCUT2D eigenvalue weighted by molar-refractivity contribution is 7.71. The minimum atomic E-state index is -0.423. The molecule has 3 aromatic rings. The summed E-state index contributed by atoms with van der Waals surface area (Å²) in [6, 6.07) is 16.9. The van der Waals surface area contributed by atoms with Crippen LogP contribution >= 0.6 is 12.2 Å². The number of carbonyl (C=O) groups excluding carboxylic acids is 1. The smallest absolute Gasteiger partial charge is 0.344 e. The Balaban J connectivity index is 1.85. The normalized spacial score (nSPS) is 10.9. The van der Waals surface area contributed by atoms with Gasteiger partial charge >= 0.3 is 5.97 Å². The van der Waals surface area contributed by atoms with Crippen molar-refractivity contribution in [2.45, 2.75) is 6.92 Å². The quantitative estimate of drug-likeness (QED) is 0.385. The number of nitrogens with one attached hydrogen (secondary N) is 1. The molecule has 1 N–H and O–H groups in total. The van der Waals surface area contributed by atoms with E-state index in [2.05, 4.69) is 15.3 Å². The Labute approximate surface area is 161 Å². The number of hydrogen-bond acceptors (Lipinski definition) is 6. The van der Waals surface area contributed by atoms with Gasteiger partial charge < -0.3 is 9.47 Å². The van der Waals surface area contributed by atoms with Crippen molar-refractivity contribution in [3.05, 3.63) is 64.9 Å². The van der Waals surface area contributed by atoms with Gasteiger partial charge in [0.15, 0.2) is 12.4 Å². The molecule has 1 heterocycles.